The minimum atomic E-state index is -4.32. The fraction of sp³-hybridized carbons (Fsp3) is 0.750. The molecule has 0 spiro atoms. The average molecular weight is 987 g/mol. The van der Waals surface area contributed by atoms with Gasteiger partial charge in [-0.3, -0.25) is 13.8 Å². The number of quaternary nitrogens is 1. The molecule has 3 unspecified atom stereocenters. The molecule has 8 nitrogen and oxygen atoms in total. The molecule has 0 saturated carbocycles. The zero-order valence-electron chi connectivity index (χ0n) is 45.5. The highest BCUT2D eigenvalue weighted by Crippen LogP contribution is 2.43. The lowest BCUT2D eigenvalue weighted by Crippen LogP contribution is -2.46. The molecule has 0 radical (unpaired) electrons. The summed E-state index contributed by atoms with van der Waals surface area (Å²) in [6, 6.07) is -0.764. The molecular weight excluding hydrogens is 876 g/mol. The van der Waals surface area contributed by atoms with Crippen LogP contribution in [0.2, 0.25) is 0 Å². The Balaban J connectivity index is 4.04. The van der Waals surface area contributed by atoms with Gasteiger partial charge in [0.15, 0.2) is 0 Å². The van der Waals surface area contributed by atoms with Crippen molar-refractivity contribution in [3.05, 3.63) is 85.1 Å². The fourth-order valence-electron chi connectivity index (χ4n) is 7.97. The second-order valence-electron chi connectivity index (χ2n) is 20.3. The van der Waals surface area contributed by atoms with E-state index in [9.17, 15) is 19.4 Å². The predicted molar refractivity (Wildman–Crippen MR) is 299 cm³/mol. The van der Waals surface area contributed by atoms with Crippen LogP contribution in [0.4, 0.5) is 0 Å². The Labute approximate surface area is 426 Å². The number of allylic oxidation sites excluding steroid dienone is 14. The van der Waals surface area contributed by atoms with E-state index in [1.54, 1.807) is 0 Å². The Morgan fingerprint density at radius 3 is 1.28 bits per heavy atom. The summed E-state index contributed by atoms with van der Waals surface area (Å²) in [5.74, 6) is -0.149. The summed E-state index contributed by atoms with van der Waals surface area (Å²) in [5, 5.41) is 14.0. The first-order valence-electron chi connectivity index (χ1n) is 28.5. The quantitative estimate of drug-likeness (QED) is 0.0243. The van der Waals surface area contributed by atoms with Crippen LogP contribution in [-0.4, -0.2) is 73.4 Å². The number of likely N-dealkylation sites (N-methyl/N-ethyl adjacent to an activating group) is 1. The summed E-state index contributed by atoms with van der Waals surface area (Å²) < 4.78 is 23.7. The molecule has 400 valence electrons. The molecule has 69 heavy (non-hydrogen) atoms. The van der Waals surface area contributed by atoms with Gasteiger partial charge in [0, 0.05) is 6.42 Å². The number of amides is 1. The van der Waals surface area contributed by atoms with Crippen LogP contribution in [0.15, 0.2) is 85.1 Å². The van der Waals surface area contributed by atoms with Crippen LogP contribution in [0.3, 0.4) is 0 Å². The highest BCUT2D eigenvalue weighted by molar-refractivity contribution is 7.47. The summed E-state index contributed by atoms with van der Waals surface area (Å²) in [5.41, 5.74) is 0. The number of hydrogen-bond acceptors (Lipinski definition) is 5. The molecule has 0 heterocycles. The number of phosphoric acid groups is 1. The summed E-state index contributed by atoms with van der Waals surface area (Å²) in [7, 11) is 1.61. The monoisotopic (exact) mass is 986 g/mol. The van der Waals surface area contributed by atoms with Crippen molar-refractivity contribution in [3.8, 4) is 0 Å². The Hall–Kier alpha value is -2.32. The molecule has 9 heteroatoms. The van der Waals surface area contributed by atoms with E-state index in [-0.39, 0.29) is 19.1 Å². The normalized spacial score (nSPS) is 14.6. The summed E-state index contributed by atoms with van der Waals surface area (Å²) in [4.78, 5) is 23.3. The lowest BCUT2D eigenvalue weighted by atomic mass is 10.0. The van der Waals surface area contributed by atoms with E-state index in [1.165, 1.54) is 128 Å². The van der Waals surface area contributed by atoms with Crippen molar-refractivity contribution in [1.82, 2.24) is 5.32 Å². The molecule has 0 saturated heterocycles. The minimum Gasteiger partial charge on any atom is -0.391 e. The average Bonchev–Trinajstić information content (AvgIpc) is 3.31. The molecule has 0 aromatic rings. The first-order chi connectivity index (χ1) is 33.5. The van der Waals surface area contributed by atoms with Gasteiger partial charge in [0.25, 0.3) is 0 Å². The first-order valence-corrected chi connectivity index (χ1v) is 29.9. The van der Waals surface area contributed by atoms with E-state index in [0.29, 0.717) is 23.9 Å². The molecule has 0 aromatic heterocycles. The zero-order valence-corrected chi connectivity index (χ0v) is 46.4. The molecule has 3 N–H and O–H groups in total. The molecule has 0 fully saturated rings. The largest absolute Gasteiger partial charge is 0.472 e. The van der Waals surface area contributed by atoms with Crippen LogP contribution in [0.25, 0.3) is 0 Å². The maximum absolute atomic E-state index is 13.0. The van der Waals surface area contributed by atoms with E-state index in [2.05, 4.69) is 104 Å². The van der Waals surface area contributed by atoms with Crippen LogP contribution >= 0.6 is 7.82 Å². The molecule has 3 atom stereocenters. The molecule has 0 bridgehead atoms. The number of nitrogens with zero attached hydrogens (tertiary/aromatic N) is 1. The summed E-state index contributed by atoms with van der Waals surface area (Å²) in [6.07, 6.45) is 70.7. The van der Waals surface area contributed by atoms with Crippen LogP contribution in [0, 0.1) is 0 Å². The lowest BCUT2D eigenvalue weighted by molar-refractivity contribution is -0.870. The fourth-order valence-corrected chi connectivity index (χ4v) is 8.70. The zero-order chi connectivity index (χ0) is 50.6. The molecular formula is C60H110N2O6P+. The van der Waals surface area contributed by atoms with Gasteiger partial charge in [-0.2, -0.15) is 0 Å². The third-order valence-electron chi connectivity index (χ3n) is 12.4. The van der Waals surface area contributed by atoms with E-state index in [1.807, 2.05) is 21.1 Å². The van der Waals surface area contributed by atoms with Crippen molar-refractivity contribution in [2.45, 2.75) is 251 Å². The number of aliphatic hydroxyl groups excluding tert-OH is 1. The molecule has 1 amide bonds. The molecule has 0 aliphatic heterocycles. The van der Waals surface area contributed by atoms with Crippen molar-refractivity contribution in [1.29, 1.82) is 0 Å². The van der Waals surface area contributed by atoms with Gasteiger partial charge in [-0.15, -0.1) is 0 Å². The topological polar surface area (TPSA) is 105 Å². The van der Waals surface area contributed by atoms with Gasteiger partial charge >= 0.3 is 7.82 Å². The smallest absolute Gasteiger partial charge is 0.391 e. The lowest BCUT2D eigenvalue weighted by Gasteiger charge is -2.26. The number of carbonyl (C=O) groups excluding carboxylic acids is 1. The Morgan fingerprint density at radius 2 is 0.870 bits per heavy atom. The third kappa shape index (κ3) is 53.3. The van der Waals surface area contributed by atoms with Crippen molar-refractivity contribution in [2.24, 2.45) is 0 Å². The minimum absolute atomic E-state index is 0.0719. The number of carbonyl (C=O) groups is 1. The van der Waals surface area contributed by atoms with Crippen molar-refractivity contribution >= 4 is 13.7 Å². The molecule has 0 rings (SSSR count). The Morgan fingerprint density at radius 1 is 0.507 bits per heavy atom. The summed E-state index contributed by atoms with van der Waals surface area (Å²) >= 11 is 0. The van der Waals surface area contributed by atoms with Gasteiger partial charge in [0.05, 0.1) is 39.9 Å². The number of rotatable bonds is 51. The van der Waals surface area contributed by atoms with Crippen LogP contribution in [-0.2, 0) is 18.4 Å². The molecule has 0 aromatic carbocycles. The van der Waals surface area contributed by atoms with E-state index in [4.69, 9.17) is 9.05 Å². The van der Waals surface area contributed by atoms with Gasteiger partial charge in [-0.25, -0.2) is 4.57 Å². The second kappa shape index (κ2) is 50.6. The molecule has 0 aliphatic carbocycles. The highest BCUT2D eigenvalue weighted by atomic mass is 31.2. The number of hydrogen-bond donors (Lipinski definition) is 3. The second-order valence-corrected chi connectivity index (χ2v) is 21.7. The van der Waals surface area contributed by atoms with E-state index >= 15 is 0 Å². The predicted octanol–water partition coefficient (Wildman–Crippen LogP) is 17.3. The van der Waals surface area contributed by atoms with Gasteiger partial charge in [0.2, 0.25) is 5.91 Å². The number of nitrogens with one attached hydrogen (secondary N) is 1. The standard InChI is InChI=1S/C60H109N2O6P/c1-6-8-10-12-14-16-18-20-21-22-23-24-25-26-27-28-29-30-31-32-33-34-35-36-37-38-39-40-41-42-44-46-48-50-52-54-60(64)61-58(57-68-69(65,66)67-56-55-62(3,4)5)59(63)53-51-49-47-45-43-19-17-15-13-11-9-7-2/h8,10,14,16,20-21,23-24,26-27,29-30,32-33,58-59,63H,6-7,9,11-13,15,17-19,22,25,28,31,34-57H2,1-5H3,(H-,61,64,65,66)/p+1/b10-8-,16-14-,21-20-,24-23-,27-26-,30-29-,33-32-. The van der Waals surface area contributed by atoms with Crippen LogP contribution in [0.1, 0.15) is 239 Å². The number of aliphatic hydroxyl groups is 1. The van der Waals surface area contributed by atoms with Gasteiger partial charge in [-0.1, -0.05) is 247 Å². The number of phosphoric ester groups is 1. The van der Waals surface area contributed by atoms with E-state index < -0.39 is 20.0 Å². The number of unbranched alkanes of at least 4 members (excludes halogenated alkanes) is 24. The first kappa shape index (κ1) is 66.7. The summed E-state index contributed by atoms with van der Waals surface area (Å²) in [6.45, 7) is 4.77. The molecule has 0 aliphatic rings. The van der Waals surface area contributed by atoms with Crippen LogP contribution < -0.4 is 5.32 Å². The maximum Gasteiger partial charge on any atom is 0.472 e. The third-order valence-corrected chi connectivity index (χ3v) is 13.4. The highest BCUT2D eigenvalue weighted by Gasteiger charge is 2.28. The van der Waals surface area contributed by atoms with Crippen molar-refractivity contribution < 1.29 is 32.9 Å². The Kier molecular flexibility index (Phi) is 48.9. The van der Waals surface area contributed by atoms with Gasteiger partial charge in [0.1, 0.15) is 13.2 Å². The Bertz CT molecular complexity index is 1400. The van der Waals surface area contributed by atoms with Gasteiger partial charge < -0.3 is 19.8 Å². The van der Waals surface area contributed by atoms with E-state index in [0.717, 1.165) is 83.5 Å². The van der Waals surface area contributed by atoms with Crippen molar-refractivity contribution in [3.63, 3.8) is 0 Å². The van der Waals surface area contributed by atoms with Crippen LogP contribution in [0.5, 0.6) is 0 Å². The van der Waals surface area contributed by atoms with Gasteiger partial charge in [-0.05, 0) is 70.6 Å². The van der Waals surface area contributed by atoms with Crippen molar-refractivity contribution in [2.75, 3.05) is 40.9 Å². The SMILES string of the molecule is CC/C=C\C/C=C\C/C=C\C/C=C\C/C=C\C/C=C\C/C=C\CCCCCCCCCCCCCCCC(=O)NC(COP(=O)(O)OCC[N+](C)(C)C)C(O)CCCCCCCCCCCCCC. The maximum atomic E-state index is 13.0.